The Morgan fingerprint density at radius 3 is 2.62 bits per heavy atom. The number of carbonyl (C=O) groups excluding carboxylic acids is 2. The largest absolute Gasteiger partial charge is 0.494 e. The molecule has 1 unspecified atom stereocenters. The van der Waals surface area contributed by atoms with Crippen LogP contribution in [0.25, 0.3) is 0 Å². The summed E-state index contributed by atoms with van der Waals surface area (Å²) in [5.74, 6) is 0.272. The van der Waals surface area contributed by atoms with Crippen LogP contribution in [0, 0.1) is 0 Å². The number of hydrogen-bond acceptors (Lipinski definition) is 3. The predicted molar refractivity (Wildman–Crippen MR) is 102 cm³/mol. The lowest BCUT2D eigenvalue weighted by Gasteiger charge is -2.19. The third-order valence-corrected chi connectivity index (χ3v) is 4.62. The van der Waals surface area contributed by atoms with Crippen LogP contribution in [0.3, 0.4) is 0 Å². The van der Waals surface area contributed by atoms with Crippen LogP contribution in [0.5, 0.6) is 5.75 Å². The van der Waals surface area contributed by atoms with E-state index in [1.165, 1.54) is 6.92 Å². The Labute approximate surface area is 161 Å². The number of para-hydroxylation sites is 1. The Bertz CT molecular complexity index is 824. The van der Waals surface area contributed by atoms with Crippen molar-refractivity contribution in [3.63, 3.8) is 0 Å². The third-order valence-electron chi connectivity index (χ3n) is 4.07. The molecule has 1 aliphatic heterocycles. The Kier molecular flexibility index (Phi) is 5.69. The summed E-state index contributed by atoms with van der Waals surface area (Å²) in [6, 6.07) is 11.7. The quantitative estimate of drug-likeness (QED) is 0.756. The van der Waals surface area contributed by atoms with Crippen LogP contribution >= 0.6 is 23.2 Å². The molecule has 1 heterocycles. The zero-order chi connectivity index (χ0) is 18.7. The average Bonchev–Trinajstić information content (AvgIpc) is 2.86. The van der Waals surface area contributed by atoms with Gasteiger partial charge in [0.25, 0.3) is 5.91 Å². The molecule has 2 amide bonds. The van der Waals surface area contributed by atoms with E-state index < -0.39 is 6.04 Å². The number of fused-ring (bicyclic) bond motifs is 1. The summed E-state index contributed by atoms with van der Waals surface area (Å²) in [5, 5.41) is 3.83. The van der Waals surface area contributed by atoms with Gasteiger partial charge in [-0.2, -0.15) is 0 Å². The number of carbonyl (C=O) groups is 2. The van der Waals surface area contributed by atoms with Crippen molar-refractivity contribution in [1.29, 1.82) is 0 Å². The molecule has 0 bridgehead atoms. The molecule has 1 atom stereocenters. The number of nitrogens with zero attached hydrogens (tertiary/aromatic N) is 1. The first kappa shape index (κ1) is 18.5. The van der Waals surface area contributed by atoms with Crippen molar-refractivity contribution in [2.45, 2.75) is 19.4 Å². The fourth-order valence-corrected chi connectivity index (χ4v) is 3.37. The van der Waals surface area contributed by atoms with Gasteiger partial charge in [0.15, 0.2) is 0 Å². The molecule has 2 aromatic rings. The molecule has 0 radical (unpaired) electrons. The summed E-state index contributed by atoms with van der Waals surface area (Å²) in [7, 11) is 0. The minimum Gasteiger partial charge on any atom is -0.494 e. The molecular formula is C19H18Cl2N2O3. The molecule has 0 aliphatic carbocycles. The topological polar surface area (TPSA) is 58.6 Å². The second kappa shape index (κ2) is 7.98. The Morgan fingerprint density at radius 1 is 1.19 bits per heavy atom. The highest BCUT2D eigenvalue weighted by Crippen LogP contribution is 2.41. The normalized spacial score (nSPS) is 15.7. The van der Waals surface area contributed by atoms with Gasteiger partial charge in [0.1, 0.15) is 11.8 Å². The summed E-state index contributed by atoms with van der Waals surface area (Å²) >= 11 is 12.2. The van der Waals surface area contributed by atoms with Gasteiger partial charge in [-0.25, -0.2) is 0 Å². The van der Waals surface area contributed by atoms with Gasteiger partial charge in [-0.05, 0) is 36.8 Å². The SMILES string of the molecule is CC(=O)NC1C(=O)N(CCCOc2ccc(Cl)cc2)c2c(Cl)cccc21. The number of anilines is 1. The number of halogens is 2. The van der Waals surface area contributed by atoms with Gasteiger partial charge in [-0.1, -0.05) is 35.3 Å². The number of ether oxygens (including phenoxy) is 1. The molecule has 0 spiro atoms. The summed E-state index contributed by atoms with van der Waals surface area (Å²) in [5.41, 5.74) is 1.38. The lowest BCUT2D eigenvalue weighted by molar-refractivity contribution is -0.126. The molecule has 5 nitrogen and oxygen atoms in total. The van der Waals surface area contributed by atoms with E-state index in [0.29, 0.717) is 35.3 Å². The van der Waals surface area contributed by atoms with Gasteiger partial charge in [-0.3, -0.25) is 9.59 Å². The molecule has 0 saturated heterocycles. The first-order valence-electron chi connectivity index (χ1n) is 8.22. The van der Waals surface area contributed by atoms with Crippen LogP contribution in [-0.2, 0) is 9.59 Å². The molecule has 0 saturated carbocycles. The van der Waals surface area contributed by atoms with E-state index in [-0.39, 0.29) is 11.8 Å². The Balaban J connectivity index is 1.66. The minimum absolute atomic E-state index is 0.185. The molecule has 136 valence electrons. The second-order valence-corrected chi connectivity index (χ2v) is 6.80. The molecule has 7 heteroatoms. The van der Waals surface area contributed by atoms with Crippen LogP contribution in [-0.4, -0.2) is 25.0 Å². The second-order valence-electron chi connectivity index (χ2n) is 5.96. The summed E-state index contributed by atoms with van der Waals surface area (Å²) in [6.07, 6.45) is 0.617. The van der Waals surface area contributed by atoms with Crippen molar-refractivity contribution in [1.82, 2.24) is 5.32 Å². The van der Waals surface area contributed by atoms with E-state index in [9.17, 15) is 9.59 Å². The fraction of sp³-hybridized carbons (Fsp3) is 0.263. The highest BCUT2D eigenvalue weighted by molar-refractivity contribution is 6.34. The van der Waals surface area contributed by atoms with Gasteiger partial charge in [0.05, 0.1) is 17.3 Å². The molecule has 3 rings (SSSR count). The van der Waals surface area contributed by atoms with Crippen LogP contribution in [0.2, 0.25) is 10.0 Å². The van der Waals surface area contributed by atoms with Crippen LogP contribution in [0.15, 0.2) is 42.5 Å². The molecule has 0 fully saturated rings. The monoisotopic (exact) mass is 392 g/mol. The van der Waals surface area contributed by atoms with Crippen LogP contribution < -0.4 is 15.0 Å². The first-order chi connectivity index (χ1) is 12.5. The maximum absolute atomic E-state index is 12.7. The van der Waals surface area contributed by atoms with Gasteiger partial charge >= 0.3 is 0 Å². The van der Waals surface area contributed by atoms with Crippen molar-refractivity contribution >= 4 is 40.7 Å². The maximum Gasteiger partial charge on any atom is 0.254 e. The standard InChI is InChI=1S/C19H18Cl2N2O3/c1-12(24)22-17-15-4-2-5-16(21)18(15)23(19(17)25)10-3-11-26-14-8-6-13(20)7-9-14/h2,4-9,17H,3,10-11H2,1H3,(H,22,24). The van der Waals surface area contributed by atoms with Gasteiger partial charge < -0.3 is 15.0 Å². The molecule has 0 aromatic heterocycles. The van der Waals surface area contributed by atoms with Gasteiger partial charge in [-0.15, -0.1) is 0 Å². The van der Waals surface area contributed by atoms with E-state index in [1.807, 2.05) is 6.07 Å². The molecule has 26 heavy (non-hydrogen) atoms. The van der Waals surface area contributed by atoms with Crippen molar-refractivity contribution in [3.8, 4) is 5.75 Å². The number of nitrogens with one attached hydrogen (secondary N) is 1. The van der Waals surface area contributed by atoms with Crippen LogP contribution in [0.1, 0.15) is 24.9 Å². The summed E-state index contributed by atoms with van der Waals surface area (Å²) < 4.78 is 5.67. The van der Waals surface area contributed by atoms with Crippen molar-refractivity contribution in [2.75, 3.05) is 18.1 Å². The van der Waals surface area contributed by atoms with E-state index in [1.54, 1.807) is 41.3 Å². The smallest absolute Gasteiger partial charge is 0.254 e. The number of rotatable bonds is 6. The van der Waals surface area contributed by atoms with Crippen molar-refractivity contribution < 1.29 is 14.3 Å². The fourth-order valence-electron chi connectivity index (χ4n) is 2.96. The molecule has 1 N–H and O–H groups in total. The van der Waals surface area contributed by atoms with E-state index in [4.69, 9.17) is 27.9 Å². The number of hydrogen-bond donors (Lipinski definition) is 1. The van der Waals surface area contributed by atoms with E-state index >= 15 is 0 Å². The zero-order valence-electron chi connectivity index (χ0n) is 14.2. The van der Waals surface area contributed by atoms with E-state index in [2.05, 4.69) is 5.32 Å². The lowest BCUT2D eigenvalue weighted by Crippen LogP contribution is -2.37. The predicted octanol–water partition coefficient (Wildman–Crippen LogP) is 3.99. The Morgan fingerprint density at radius 2 is 1.92 bits per heavy atom. The van der Waals surface area contributed by atoms with Gasteiger partial charge in [0.2, 0.25) is 5.91 Å². The number of amides is 2. The van der Waals surface area contributed by atoms with Crippen molar-refractivity contribution in [2.24, 2.45) is 0 Å². The van der Waals surface area contributed by atoms with Gasteiger partial charge in [0, 0.05) is 24.1 Å². The summed E-state index contributed by atoms with van der Waals surface area (Å²) in [4.78, 5) is 25.8. The first-order valence-corrected chi connectivity index (χ1v) is 8.98. The molecule has 2 aromatic carbocycles. The third kappa shape index (κ3) is 3.94. The highest BCUT2D eigenvalue weighted by atomic mass is 35.5. The zero-order valence-corrected chi connectivity index (χ0v) is 15.7. The van der Waals surface area contributed by atoms with Crippen molar-refractivity contribution in [3.05, 3.63) is 58.1 Å². The lowest BCUT2D eigenvalue weighted by atomic mass is 10.1. The minimum atomic E-state index is -0.696. The molecule has 1 aliphatic rings. The average molecular weight is 393 g/mol. The molecular weight excluding hydrogens is 375 g/mol. The Hall–Kier alpha value is -2.24. The van der Waals surface area contributed by atoms with Crippen LogP contribution in [0.4, 0.5) is 5.69 Å². The summed E-state index contributed by atoms with van der Waals surface area (Å²) in [6.45, 7) is 2.27. The van der Waals surface area contributed by atoms with E-state index in [0.717, 1.165) is 11.3 Å². The maximum atomic E-state index is 12.7. The highest BCUT2D eigenvalue weighted by Gasteiger charge is 2.38. The number of benzene rings is 2.